The number of hydrogen-bond acceptors (Lipinski definition) is 1. The van der Waals surface area contributed by atoms with Gasteiger partial charge in [-0.2, -0.15) is 0 Å². The molecule has 2 unspecified atom stereocenters. The van der Waals surface area contributed by atoms with E-state index in [1.807, 2.05) is 0 Å². The topological polar surface area (TPSA) is 20.2 Å². The second-order valence-electron chi connectivity index (χ2n) is 5.91. The quantitative estimate of drug-likeness (QED) is 0.584. The van der Waals surface area contributed by atoms with Crippen molar-refractivity contribution < 1.29 is 13.9 Å². The standard InChI is InChI=1S/C15H28F2O/c1-2-3-4-5-6-7-8-14(18)11-13-9-10-15(16,17)12-13/h13-14,18H,2-12H2,1H3. The Morgan fingerprint density at radius 1 is 1.17 bits per heavy atom. The van der Waals surface area contributed by atoms with Crippen LogP contribution in [0.25, 0.3) is 0 Å². The van der Waals surface area contributed by atoms with Gasteiger partial charge in [0.15, 0.2) is 0 Å². The number of aliphatic hydroxyl groups excluding tert-OH is 1. The molecule has 108 valence electrons. The van der Waals surface area contributed by atoms with E-state index >= 15 is 0 Å². The Hall–Kier alpha value is -0.180. The summed E-state index contributed by atoms with van der Waals surface area (Å²) in [6.45, 7) is 2.20. The van der Waals surface area contributed by atoms with E-state index in [0.717, 1.165) is 19.3 Å². The van der Waals surface area contributed by atoms with Gasteiger partial charge in [0, 0.05) is 12.8 Å². The Kier molecular flexibility index (Phi) is 7.13. The lowest BCUT2D eigenvalue weighted by Crippen LogP contribution is -2.14. The summed E-state index contributed by atoms with van der Waals surface area (Å²) in [5.41, 5.74) is 0. The number of unbranched alkanes of at least 4 members (excludes halogenated alkanes) is 5. The van der Waals surface area contributed by atoms with Crippen LogP contribution in [0.2, 0.25) is 0 Å². The Labute approximate surface area is 110 Å². The second-order valence-corrected chi connectivity index (χ2v) is 5.91. The third-order valence-corrected chi connectivity index (χ3v) is 4.00. The summed E-state index contributed by atoms with van der Waals surface area (Å²) in [6, 6.07) is 0. The van der Waals surface area contributed by atoms with Gasteiger partial charge >= 0.3 is 0 Å². The predicted molar refractivity (Wildman–Crippen MR) is 70.9 cm³/mol. The molecule has 1 saturated carbocycles. The van der Waals surface area contributed by atoms with Gasteiger partial charge in [0.2, 0.25) is 5.92 Å². The first kappa shape index (κ1) is 15.9. The van der Waals surface area contributed by atoms with Crippen LogP contribution in [-0.2, 0) is 0 Å². The Morgan fingerprint density at radius 3 is 2.44 bits per heavy atom. The molecule has 2 atom stereocenters. The van der Waals surface area contributed by atoms with Crippen molar-refractivity contribution in [1.82, 2.24) is 0 Å². The van der Waals surface area contributed by atoms with Gasteiger partial charge in [-0.25, -0.2) is 8.78 Å². The maximum Gasteiger partial charge on any atom is 0.248 e. The number of rotatable bonds is 9. The van der Waals surface area contributed by atoms with E-state index in [9.17, 15) is 13.9 Å². The lowest BCUT2D eigenvalue weighted by Gasteiger charge is -2.15. The van der Waals surface area contributed by atoms with Crippen molar-refractivity contribution in [3.63, 3.8) is 0 Å². The zero-order chi connectivity index (χ0) is 13.4. The van der Waals surface area contributed by atoms with E-state index in [1.54, 1.807) is 0 Å². The number of aliphatic hydroxyl groups is 1. The van der Waals surface area contributed by atoms with Crippen LogP contribution in [0.3, 0.4) is 0 Å². The van der Waals surface area contributed by atoms with Crippen LogP contribution < -0.4 is 0 Å². The summed E-state index contributed by atoms with van der Waals surface area (Å²) >= 11 is 0. The van der Waals surface area contributed by atoms with Gasteiger partial charge in [0.1, 0.15) is 0 Å². The van der Waals surface area contributed by atoms with Gasteiger partial charge in [-0.05, 0) is 25.2 Å². The molecule has 3 heteroatoms. The average Bonchev–Trinajstić information content (AvgIpc) is 2.63. The van der Waals surface area contributed by atoms with Crippen molar-refractivity contribution >= 4 is 0 Å². The molecule has 0 radical (unpaired) electrons. The molecule has 1 N–H and O–H groups in total. The van der Waals surface area contributed by atoms with E-state index in [0.29, 0.717) is 12.8 Å². The number of halogens is 2. The van der Waals surface area contributed by atoms with Gasteiger partial charge in [-0.3, -0.25) is 0 Å². The zero-order valence-electron chi connectivity index (χ0n) is 11.6. The van der Waals surface area contributed by atoms with Crippen molar-refractivity contribution in [2.75, 3.05) is 0 Å². The summed E-state index contributed by atoms with van der Waals surface area (Å²) in [5.74, 6) is -2.43. The summed E-state index contributed by atoms with van der Waals surface area (Å²) in [7, 11) is 0. The van der Waals surface area contributed by atoms with Crippen LogP contribution in [0.1, 0.15) is 77.6 Å². The van der Waals surface area contributed by atoms with Gasteiger partial charge in [0.05, 0.1) is 6.10 Å². The van der Waals surface area contributed by atoms with Crippen LogP contribution in [0.4, 0.5) is 8.78 Å². The Balaban J connectivity index is 1.99. The van der Waals surface area contributed by atoms with Gasteiger partial charge in [-0.1, -0.05) is 45.4 Å². The maximum absolute atomic E-state index is 13.0. The first-order chi connectivity index (χ1) is 8.53. The van der Waals surface area contributed by atoms with E-state index in [2.05, 4.69) is 6.92 Å². The minimum atomic E-state index is -2.47. The highest BCUT2D eigenvalue weighted by molar-refractivity contribution is 4.82. The molecule has 0 aromatic carbocycles. The van der Waals surface area contributed by atoms with E-state index in [-0.39, 0.29) is 24.9 Å². The fourth-order valence-corrected chi connectivity index (χ4v) is 2.91. The summed E-state index contributed by atoms with van der Waals surface area (Å²) in [4.78, 5) is 0. The minimum Gasteiger partial charge on any atom is -0.393 e. The maximum atomic E-state index is 13.0. The molecule has 1 rings (SSSR count). The Bertz CT molecular complexity index is 219. The van der Waals surface area contributed by atoms with E-state index < -0.39 is 5.92 Å². The highest BCUT2D eigenvalue weighted by atomic mass is 19.3. The molecule has 1 nitrogen and oxygen atoms in total. The molecular formula is C15H28F2O. The molecule has 1 aliphatic rings. The lowest BCUT2D eigenvalue weighted by atomic mass is 9.96. The molecule has 1 aliphatic carbocycles. The monoisotopic (exact) mass is 262 g/mol. The van der Waals surface area contributed by atoms with Crippen LogP contribution in [0, 0.1) is 5.92 Å². The number of hydrogen-bond donors (Lipinski definition) is 1. The van der Waals surface area contributed by atoms with Crippen LogP contribution >= 0.6 is 0 Å². The fourth-order valence-electron chi connectivity index (χ4n) is 2.91. The lowest BCUT2D eigenvalue weighted by molar-refractivity contribution is 0.00240. The van der Waals surface area contributed by atoms with E-state index in [1.165, 1.54) is 25.7 Å². The minimum absolute atomic E-state index is 0.0133. The fraction of sp³-hybridized carbons (Fsp3) is 1.00. The van der Waals surface area contributed by atoms with Crippen molar-refractivity contribution in [3.8, 4) is 0 Å². The highest BCUT2D eigenvalue weighted by Gasteiger charge is 2.39. The first-order valence-corrected chi connectivity index (χ1v) is 7.59. The smallest absolute Gasteiger partial charge is 0.248 e. The van der Waals surface area contributed by atoms with Gasteiger partial charge in [0.25, 0.3) is 0 Å². The molecule has 18 heavy (non-hydrogen) atoms. The molecule has 0 spiro atoms. The molecular weight excluding hydrogens is 234 g/mol. The average molecular weight is 262 g/mol. The molecule has 1 fully saturated rings. The third-order valence-electron chi connectivity index (χ3n) is 4.00. The van der Waals surface area contributed by atoms with Crippen LogP contribution in [0.5, 0.6) is 0 Å². The van der Waals surface area contributed by atoms with Gasteiger partial charge in [-0.15, -0.1) is 0 Å². The van der Waals surface area contributed by atoms with E-state index in [4.69, 9.17) is 0 Å². The van der Waals surface area contributed by atoms with Crippen LogP contribution in [-0.4, -0.2) is 17.1 Å². The third kappa shape index (κ3) is 6.67. The second kappa shape index (κ2) is 8.08. The largest absolute Gasteiger partial charge is 0.393 e. The molecule has 0 aromatic heterocycles. The summed E-state index contributed by atoms with van der Waals surface area (Å²) < 4.78 is 26.0. The molecule has 0 aromatic rings. The zero-order valence-corrected chi connectivity index (χ0v) is 11.6. The van der Waals surface area contributed by atoms with Crippen LogP contribution in [0.15, 0.2) is 0 Å². The molecule has 0 saturated heterocycles. The Morgan fingerprint density at radius 2 is 1.83 bits per heavy atom. The molecule has 0 aliphatic heterocycles. The van der Waals surface area contributed by atoms with Crippen molar-refractivity contribution in [3.05, 3.63) is 0 Å². The SMILES string of the molecule is CCCCCCCCC(O)CC1CCC(F)(F)C1. The summed E-state index contributed by atoms with van der Waals surface area (Å²) in [6.07, 6.45) is 8.84. The number of alkyl halides is 2. The van der Waals surface area contributed by atoms with Crippen molar-refractivity contribution in [1.29, 1.82) is 0 Å². The molecule has 0 bridgehead atoms. The molecule has 0 amide bonds. The molecule has 0 heterocycles. The van der Waals surface area contributed by atoms with Gasteiger partial charge < -0.3 is 5.11 Å². The first-order valence-electron chi connectivity index (χ1n) is 7.59. The predicted octanol–water partition coefficient (Wildman–Crippen LogP) is 4.92. The van der Waals surface area contributed by atoms with Crippen molar-refractivity contribution in [2.24, 2.45) is 5.92 Å². The van der Waals surface area contributed by atoms with Crippen molar-refractivity contribution in [2.45, 2.75) is 89.6 Å². The summed E-state index contributed by atoms with van der Waals surface area (Å²) in [5, 5.41) is 9.84. The highest BCUT2D eigenvalue weighted by Crippen LogP contribution is 2.41. The normalized spacial score (nSPS) is 24.3.